The van der Waals surface area contributed by atoms with Crippen LogP contribution in [0, 0.1) is 21.9 Å². The van der Waals surface area contributed by atoms with Crippen LogP contribution in [0.4, 0.5) is 10.5 Å². The zero-order valence-corrected chi connectivity index (χ0v) is 13.6. The van der Waals surface area contributed by atoms with Crippen LogP contribution in [0.1, 0.15) is 19.4 Å². The molecule has 2 atom stereocenters. The summed E-state index contributed by atoms with van der Waals surface area (Å²) in [5.74, 6) is 0. The van der Waals surface area contributed by atoms with E-state index in [1.165, 1.54) is 17.0 Å². The summed E-state index contributed by atoms with van der Waals surface area (Å²) >= 11 is 0. The Bertz CT molecular complexity index is 617. The van der Waals surface area contributed by atoms with Crippen molar-refractivity contribution in [3.05, 3.63) is 46.4 Å². The van der Waals surface area contributed by atoms with Crippen LogP contribution < -0.4 is 0 Å². The summed E-state index contributed by atoms with van der Waals surface area (Å²) in [6, 6.07) is 5.35. The second-order valence-electron chi connectivity index (χ2n) is 5.47. The van der Waals surface area contributed by atoms with Crippen molar-refractivity contribution in [2.45, 2.75) is 32.6 Å². The molecule has 8 nitrogen and oxygen atoms in total. The molecule has 2 rings (SSSR count). The Morgan fingerprint density at radius 2 is 2.17 bits per heavy atom. The SMILES string of the molecule is C[CH]C1OCCN(C(=O)OCc2ccc([N+](=O)[O-])cc2)C1C(C)=N. The van der Waals surface area contributed by atoms with Gasteiger partial charge in [0.05, 0.1) is 23.7 Å². The smallest absolute Gasteiger partial charge is 0.410 e. The fraction of sp³-hybridized carbons (Fsp3) is 0.438. The number of amides is 1. The van der Waals surface area contributed by atoms with Gasteiger partial charge in [-0.3, -0.25) is 15.0 Å². The minimum Gasteiger partial charge on any atom is -0.445 e. The molecule has 1 amide bonds. The third-order valence-electron chi connectivity index (χ3n) is 3.81. The minimum absolute atomic E-state index is 0.0124. The molecule has 2 unspecified atom stereocenters. The van der Waals surface area contributed by atoms with Crippen molar-refractivity contribution in [3.8, 4) is 0 Å². The van der Waals surface area contributed by atoms with Crippen molar-refractivity contribution < 1.29 is 19.2 Å². The van der Waals surface area contributed by atoms with Gasteiger partial charge in [0.25, 0.3) is 5.69 Å². The lowest BCUT2D eigenvalue weighted by atomic mass is 10.0. The standard InChI is InChI=1S/C16H20N3O5/c1-3-14-15(11(2)17)18(8-9-23-14)16(20)24-10-12-4-6-13(7-5-12)19(21)22/h3-7,14-15,17H,8-10H2,1-2H3. The maximum absolute atomic E-state index is 12.4. The zero-order valence-electron chi connectivity index (χ0n) is 13.6. The van der Waals surface area contributed by atoms with E-state index < -0.39 is 17.1 Å². The average molecular weight is 334 g/mol. The molecule has 1 aliphatic heterocycles. The molecule has 0 aromatic heterocycles. The van der Waals surface area contributed by atoms with Crippen molar-refractivity contribution in [1.82, 2.24) is 4.90 Å². The van der Waals surface area contributed by atoms with Crippen molar-refractivity contribution in [3.63, 3.8) is 0 Å². The quantitative estimate of drug-likeness (QED) is 0.506. The van der Waals surface area contributed by atoms with E-state index in [0.29, 0.717) is 24.4 Å². The van der Waals surface area contributed by atoms with Gasteiger partial charge < -0.3 is 14.9 Å². The zero-order chi connectivity index (χ0) is 17.7. The van der Waals surface area contributed by atoms with E-state index in [1.54, 1.807) is 19.1 Å². The Morgan fingerprint density at radius 1 is 1.50 bits per heavy atom. The van der Waals surface area contributed by atoms with E-state index in [2.05, 4.69) is 0 Å². The molecule has 1 aromatic carbocycles. The maximum Gasteiger partial charge on any atom is 0.410 e. The number of ether oxygens (including phenoxy) is 2. The highest BCUT2D eigenvalue weighted by atomic mass is 16.6. The number of non-ortho nitro benzene ring substituents is 1. The number of nitrogens with zero attached hydrogens (tertiary/aromatic N) is 2. The summed E-state index contributed by atoms with van der Waals surface area (Å²) in [6.07, 6.45) is 0.960. The number of nitro groups is 1. The summed E-state index contributed by atoms with van der Waals surface area (Å²) in [4.78, 5) is 24.0. The Morgan fingerprint density at radius 3 is 2.71 bits per heavy atom. The molecule has 129 valence electrons. The van der Waals surface area contributed by atoms with Crippen molar-refractivity contribution >= 4 is 17.5 Å². The van der Waals surface area contributed by atoms with E-state index in [9.17, 15) is 14.9 Å². The number of nitrogens with one attached hydrogen (secondary N) is 1. The molecular weight excluding hydrogens is 314 g/mol. The van der Waals surface area contributed by atoms with Gasteiger partial charge in [-0.25, -0.2) is 4.79 Å². The van der Waals surface area contributed by atoms with E-state index in [4.69, 9.17) is 14.9 Å². The van der Waals surface area contributed by atoms with Crippen molar-refractivity contribution in [2.75, 3.05) is 13.2 Å². The average Bonchev–Trinajstić information content (AvgIpc) is 2.59. The fourth-order valence-electron chi connectivity index (χ4n) is 2.60. The Kier molecular flexibility index (Phi) is 5.86. The molecule has 1 radical (unpaired) electrons. The molecule has 1 N–H and O–H groups in total. The summed E-state index contributed by atoms with van der Waals surface area (Å²) in [6.45, 7) is 4.20. The number of benzene rings is 1. The second kappa shape index (κ2) is 7.87. The topological polar surface area (TPSA) is 106 Å². The van der Waals surface area contributed by atoms with Gasteiger partial charge in [0.1, 0.15) is 6.61 Å². The first-order chi connectivity index (χ1) is 11.4. The van der Waals surface area contributed by atoms with E-state index >= 15 is 0 Å². The summed E-state index contributed by atoms with van der Waals surface area (Å²) in [5.41, 5.74) is 0.966. The van der Waals surface area contributed by atoms with E-state index in [-0.39, 0.29) is 18.4 Å². The largest absolute Gasteiger partial charge is 0.445 e. The molecule has 8 heteroatoms. The minimum atomic E-state index is -0.528. The number of hydrogen-bond donors (Lipinski definition) is 1. The lowest BCUT2D eigenvalue weighted by Gasteiger charge is -2.39. The third-order valence-corrected chi connectivity index (χ3v) is 3.81. The first kappa shape index (κ1) is 17.9. The first-order valence-corrected chi connectivity index (χ1v) is 7.57. The molecule has 0 aliphatic carbocycles. The van der Waals surface area contributed by atoms with Gasteiger partial charge in [0, 0.05) is 24.4 Å². The fourth-order valence-corrected chi connectivity index (χ4v) is 2.60. The monoisotopic (exact) mass is 334 g/mol. The molecule has 0 saturated carbocycles. The molecule has 1 fully saturated rings. The predicted octanol–water partition coefficient (Wildman–Crippen LogP) is 2.56. The van der Waals surface area contributed by atoms with Crippen LogP contribution in [-0.2, 0) is 16.1 Å². The van der Waals surface area contributed by atoms with Crippen LogP contribution >= 0.6 is 0 Å². The van der Waals surface area contributed by atoms with Gasteiger partial charge >= 0.3 is 6.09 Å². The van der Waals surface area contributed by atoms with E-state index in [1.807, 2.05) is 13.3 Å². The van der Waals surface area contributed by atoms with Gasteiger partial charge in [0.2, 0.25) is 0 Å². The predicted molar refractivity (Wildman–Crippen MR) is 86.9 cm³/mol. The summed E-state index contributed by atoms with van der Waals surface area (Å²) in [7, 11) is 0. The summed E-state index contributed by atoms with van der Waals surface area (Å²) < 4.78 is 10.9. The number of rotatable bonds is 5. The van der Waals surface area contributed by atoms with Crippen LogP contribution in [0.25, 0.3) is 0 Å². The second-order valence-corrected chi connectivity index (χ2v) is 5.47. The number of hydrogen-bond acceptors (Lipinski definition) is 6. The van der Waals surface area contributed by atoms with Crippen LogP contribution in [0.3, 0.4) is 0 Å². The van der Waals surface area contributed by atoms with Gasteiger partial charge in [0.15, 0.2) is 0 Å². The lowest BCUT2D eigenvalue weighted by Crippen LogP contribution is -2.56. The molecule has 0 bridgehead atoms. The Balaban J connectivity index is 2.00. The molecule has 1 aliphatic rings. The van der Waals surface area contributed by atoms with Crippen LogP contribution in [-0.4, -0.2) is 46.9 Å². The van der Waals surface area contributed by atoms with Crippen LogP contribution in [0.5, 0.6) is 0 Å². The number of carbonyl (C=O) groups excluding carboxylic acids is 1. The first-order valence-electron chi connectivity index (χ1n) is 7.57. The summed E-state index contributed by atoms with van der Waals surface area (Å²) in [5, 5.41) is 18.5. The van der Waals surface area contributed by atoms with E-state index in [0.717, 1.165) is 0 Å². The Hall–Kier alpha value is -2.48. The lowest BCUT2D eigenvalue weighted by molar-refractivity contribution is -0.384. The number of carbonyl (C=O) groups is 1. The molecule has 1 saturated heterocycles. The van der Waals surface area contributed by atoms with Crippen molar-refractivity contribution in [1.29, 1.82) is 5.41 Å². The highest BCUT2D eigenvalue weighted by Crippen LogP contribution is 2.19. The normalized spacial score (nSPS) is 20.5. The van der Waals surface area contributed by atoms with Crippen molar-refractivity contribution in [2.24, 2.45) is 0 Å². The molecule has 1 aromatic rings. The Labute approximate surface area is 140 Å². The number of morpholine rings is 1. The van der Waals surface area contributed by atoms with Crippen LogP contribution in [0.15, 0.2) is 24.3 Å². The molecule has 0 spiro atoms. The third kappa shape index (κ3) is 4.08. The van der Waals surface area contributed by atoms with Gasteiger partial charge in [-0.2, -0.15) is 0 Å². The van der Waals surface area contributed by atoms with Gasteiger partial charge in [-0.15, -0.1) is 0 Å². The molecular formula is C16H20N3O5. The van der Waals surface area contributed by atoms with Gasteiger partial charge in [-0.1, -0.05) is 6.92 Å². The highest BCUT2D eigenvalue weighted by Gasteiger charge is 2.36. The maximum atomic E-state index is 12.4. The number of nitro benzene ring substituents is 1. The highest BCUT2D eigenvalue weighted by molar-refractivity contribution is 5.88. The van der Waals surface area contributed by atoms with Gasteiger partial charge in [-0.05, 0) is 31.0 Å². The molecule has 1 heterocycles. The molecule has 24 heavy (non-hydrogen) atoms. The van der Waals surface area contributed by atoms with Crippen LogP contribution in [0.2, 0.25) is 0 Å².